The number of nitrogens with zero attached hydrogens (tertiary/aromatic N) is 1. The van der Waals surface area contributed by atoms with Gasteiger partial charge in [0.05, 0.1) is 11.5 Å². The minimum Gasteiger partial charge on any atom is -0.301 e. The highest BCUT2D eigenvalue weighted by Crippen LogP contribution is 2.58. The molecule has 0 N–H and O–H groups in total. The van der Waals surface area contributed by atoms with Crippen LogP contribution in [-0.4, -0.2) is 17.7 Å². The fourth-order valence-electron chi connectivity index (χ4n) is 3.41. The number of allylic oxidation sites excluding steroid dienone is 1. The van der Waals surface area contributed by atoms with Crippen LogP contribution in [0.25, 0.3) is 0 Å². The molecule has 0 radical (unpaired) electrons. The molecular weight excluding hydrogens is 262 g/mol. The van der Waals surface area contributed by atoms with Crippen LogP contribution in [0.5, 0.6) is 0 Å². The van der Waals surface area contributed by atoms with Crippen LogP contribution in [0.3, 0.4) is 0 Å². The molecule has 0 saturated heterocycles. The first kappa shape index (κ1) is 14.1. The van der Waals surface area contributed by atoms with Crippen LogP contribution < -0.4 is 4.90 Å². The second kappa shape index (κ2) is 4.83. The molecular formula is C18H21NO2. The number of carbonyl (C=O) groups excluding carboxylic acids is 2. The van der Waals surface area contributed by atoms with Gasteiger partial charge in [-0.1, -0.05) is 23.8 Å². The van der Waals surface area contributed by atoms with Gasteiger partial charge in [-0.2, -0.15) is 0 Å². The standard InChI is InChI=1S/C18H21NO2/c1-4-5-6-15(13(3)20)19-16-8-7-12(2)11-14(16)18(9-10-18)17(19)21/h4,7-8,11,15H,1,5-6,9-10H2,2-3H3. The van der Waals surface area contributed by atoms with Crippen molar-refractivity contribution in [3.05, 3.63) is 42.0 Å². The third-order valence-electron chi connectivity index (χ3n) is 4.73. The minimum atomic E-state index is -0.364. The maximum atomic E-state index is 12.9. The number of Topliss-reactive ketones (excluding diaryl/α,β-unsaturated/α-hetero) is 1. The van der Waals surface area contributed by atoms with Gasteiger partial charge in [-0.05, 0) is 51.2 Å². The Labute approximate surface area is 125 Å². The highest BCUT2D eigenvalue weighted by molar-refractivity contribution is 6.13. The van der Waals surface area contributed by atoms with Gasteiger partial charge in [-0.3, -0.25) is 9.59 Å². The Hall–Kier alpha value is -1.90. The lowest BCUT2D eigenvalue weighted by Gasteiger charge is -2.27. The van der Waals surface area contributed by atoms with Crippen LogP contribution in [0.1, 0.15) is 43.7 Å². The van der Waals surface area contributed by atoms with Gasteiger partial charge in [0.25, 0.3) is 0 Å². The molecule has 0 bridgehead atoms. The highest BCUT2D eigenvalue weighted by atomic mass is 16.2. The Balaban J connectivity index is 2.05. The number of hydrogen-bond acceptors (Lipinski definition) is 2. The first-order valence-electron chi connectivity index (χ1n) is 7.57. The van der Waals surface area contributed by atoms with E-state index in [4.69, 9.17) is 0 Å². The van der Waals surface area contributed by atoms with Gasteiger partial charge in [0.1, 0.15) is 0 Å². The van der Waals surface area contributed by atoms with Crippen molar-refractivity contribution in [1.29, 1.82) is 0 Å². The number of hydrogen-bond donors (Lipinski definition) is 0. The van der Waals surface area contributed by atoms with Crippen LogP contribution in [0.4, 0.5) is 5.69 Å². The molecule has 110 valence electrons. The normalized spacial score (nSPS) is 19.5. The molecule has 21 heavy (non-hydrogen) atoms. The van der Waals surface area contributed by atoms with E-state index in [0.717, 1.165) is 30.5 Å². The SMILES string of the molecule is C=CCCC(C(C)=O)N1C(=O)C2(CC2)c2cc(C)ccc21. The second-order valence-electron chi connectivity index (χ2n) is 6.27. The summed E-state index contributed by atoms with van der Waals surface area (Å²) in [5, 5.41) is 0. The maximum absolute atomic E-state index is 12.9. The van der Waals surface area contributed by atoms with Crippen molar-refractivity contribution < 1.29 is 9.59 Å². The van der Waals surface area contributed by atoms with Crippen molar-refractivity contribution in [3.8, 4) is 0 Å². The smallest absolute Gasteiger partial charge is 0.238 e. The zero-order chi connectivity index (χ0) is 15.2. The Morgan fingerprint density at radius 1 is 1.48 bits per heavy atom. The summed E-state index contributed by atoms with van der Waals surface area (Å²) >= 11 is 0. The van der Waals surface area contributed by atoms with Crippen LogP contribution in [0.15, 0.2) is 30.9 Å². The van der Waals surface area contributed by atoms with Crippen molar-refractivity contribution >= 4 is 17.4 Å². The largest absolute Gasteiger partial charge is 0.301 e. The summed E-state index contributed by atoms with van der Waals surface area (Å²) in [6, 6.07) is 5.77. The van der Waals surface area contributed by atoms with E-state index in [1.807, 2.05) is 19.1 Å². The predicted molar refractivity (Wildman–Crippen MR) is 83.5 cm³/mol. The number of rotatable bonds is 5. The molecule has 1 aromatic carbocycles. The van der Waals surface area contributed by atoms with Crippen LogP contribution in [-0.2, 0) is 15.0 Å². The summed E-state index contributed by atoms with van der Waals surface area (Å²) < 4.78 is 0. The fraction of sp³-hybridized carbons (Fsp3) is 0.444. The topological polar surface area (TPSA) is 37.4 Å². The quantitative estimate of drug-likeness (QED) is 0.778. The molecule has 1 heterocycles. The molecule has 0 aromatic heterocycles. The first-order chi connectivity index (χ1) is 10.0. The van der Waals surface area contributed by atoms with Crippen molar-refractivity contribution in [2.45, 2.75) is 51.0 Å². The molecule has 1 aliphatic carbocycles. The summed E-state index contributed by atoms with van der Waals surface area (Å²) in [6.45, 7) is 7.34. The highest BCUT2D eigenvalue weighted by Gasteiger charge is 2.60. The van der Waals surface area contributed by atoms with E-state index < -0.39 is 0 Å². The van der Waals surface area contributed by atoms with Gasteiger partial charge in [0.15, 0.2) is 5.78 Å². The Bertz CT molecular complexity index is 628. The van der Waals surface area contributed by atoms with E-state index in [0.29, 0.717) is 6.42 Å². The molecule has 1 saturated carbocycles. The fourth-order valence-corrected chi connectivity index (χ4v) is 3.41. The van der Waals surface area contributed by atoms with E-state index in [2.05, 4.69) is 12.6 Å². The third-order valence-corrected chi connectivity index (χ3v) is 4.73. The summed E-state index contributed by atoms with van der Waals surface area (Å²) in [5.41, 5.74) is 2.90. The van der Waals surface area contributed by atoms with E-state index in [1.165, 1.54) is 5.56 Å². The number of carbonyl (C=O) groups is 2. The molecule has 3 heteroatoms. The molecule has 1 unspecified atom stereocenters. The van der Waals surface area contributed by atoms with E-state index in [1.54, 1.807) is 17.9 Å². The average Bonchev–Trinajstić information content (AvgIpc) is 3.20. The average molecular weight is 283 g/mol. The Kier molecular flexibility index (Phi) is 3.23. The van der Waals surface area contributed by atoms with Gasteiger partial charge in [0, 0.05) is 5.69 Å². The Morgan fingerprint density at radius 3 is 2.76 bits per heavy atom. The van der Waals surface area contributed by atoms with Gasteiger partial charge in [-0.15, -0.1) is 6.58 Å². The minimum absolute atomic E-state index is 0.0504. The second-order valence-corrected chi connectivity index (χ2v) is 6.27. The first-order valence-corrected chi connectivity index (χ1v) is 7.57. The lowest BCUT2D eigenvalue weighted by atomic mass is 9.96. The predicted octanol–water partition coefficient (Wildman–Crippen LogP) is 3.30. The summed E-state index contributed by atoms with van der Waals surface area (Å²) in [4.78, 5) is 26.7. The molecule has 3 rings (SSSR count). The molecule has 1 fully saturated rings. The summed E-state index contributed by atoms with van der Waals surface area (Å²) in [7, 11) is 0. The van der Waals surface area contributed by atoms with Crippen LogP contribution in [0, 0.1) is 6.92 Å². The van der Waals surface area contributed by atoms with E-state index in [-0.39, 0.29) is 23.1 Å². The van der Waals surface area contributed by atoms with Gasteiger partial charge >= 0.3 is 0 Å². The molecule has 3 nitrogen and oxygen atoms in total. The monoisotopic (exact) mass is 283 g/mol. The van der Waals surface area contributed by atoms with Crippen molar-refractivity contribution in [2.75, 3.05) is 4.90 Å². The lowest BCUT2D eigenvalue weighted by molar-refractivity contribution is -0.125. The van der Waals surface area contributed by atoms with Gasteiger partial charge < -0.3 is 4.90 Å². The molecule has 1 amide bonds. The van der Waals surface area contributed by atoms with Crippen LogP contribution >= 0.6 is 0 Å². The zero-order valence-corrected chi connectivity index (χ0v) is 12.7. The molecule has 1 atom stereocenters. The number of benzene rings is 1. The van der Waals surface area contributed by atoms with E-state index in [9.17, 15) is 9.59 Å². The molecule has 1 aromatic rings. The van der Waals surface area contributed by atoms with Gasteiger partial charge in [-0.25, -0.2) is 0 Å². The number of ketones is 1. The summed E-state index contributed by atoms with van der Waals surface area (Å²) in [5.74, 6) is 0.168. The summed E-state index contributed by atoms with van der Waals surface area (Å²) in [6.07, 6.45) is 5.01. The van der Waals surface area contributed by atoms with Crippen LogP contribution in [0.2, 0.25) is 0 Å². The molecule has 1 spiro atoms. The van der Waals surface area contributed by atoms with Crippen molar-refractivity contribution in [3.63, 3.8) is 0 Å². The Morgan fingerprint density at radius 2 is 2.19 bits per heavy atom. The third kappa shape index (κ3) is 2.03. The van der Waals surface area contributed by atoms with E-state index >= 15 is 0 Å². The number of aryl methyl sites for hydroxylation is 1. The zero-order valence-electron chi connectivity index (χ0n) is 12.7. The molecule has 1 aliphatic heterocycles. The number of amides is 1. The lowest BCUT2D eigenvalue weighted by Crippen LogP contribution is -2.44. The van der Waals surface area contributed by atoms with Gasteiger partial charge in [0.2, 0.25) is 5.91 Å². The number of fused-ring (bicyclic) bond motifs is 2. The molecule has 2 aliphatic rings. The van der Waals surface area contributed by atoms with Crippen molar-refractivity contribution in [1.82, 2.24) is 0 Å². The van der Waals surface area contributed by atoms with Crippen molar-refractivity contribution in [2.24, 2.45) is 0 Å². The number of anilines is 1. The maximum Gasteiger partial charge on any atom is 0.238 e.